The minimum atomic E-state index is -1.11. The highest BCUT2D eigenvalue weighted by Gasteiger charge is 2.23. The number of nitrogens with zero attached hydrogens (tertiary/aromatic N) is 2. The Balaban J connectivity index is 2.94. The van der Waals surface area contributed by atoms with Crippen LogP contribution in [0.1, 0.15) is 18.7 Å². The molecule has 1 atom stereocenters. The number of aliphatic carboxylic acids is 1. The molecule has 0 saturated heterocycles. The van der Waals surface area contributed by atoms with Crippen molar-refractivity contribution in [2.45, 2.75) is 13.0 Å². The molecule has 0 fully saturated rings. The van der Waals surface area contributed by atoms with Gasteiger partial charge >= 0.3 is 5.97 Å². The van der Waals surface area contributed by atoms with Crippen LogP contribution in [0.3, 0.4) is 0 Å². The molecule has 6 heteroatoms. The van der Waals surface area contributed by atoms with Crippen molar-refractivity contribution in [3.05, 3.63) is 18.2 Å². The van der Waals surface area contributed by atoms with E-state index in [1.807, 2.05) is 0 Å². The smallest absolute Gasteiger partial charge is 0.332 e. The third kappa shape index (κ3) is 2.09. The van der Waals surface area contributed by atoms with Crippen LogP contribution in [0, 0.1) is 0 Å². The Bertz CT molecular complexity index is 358. The predicted molar refractivity (Wildman–Crippen MR) is 47.4 cm³/mol. The topological polar surface area (TPSA) is 84.2 Å². The zero-order valence-electron chi connectivity index (χ0n) is 7.89. The van der Waals surface area contributed by atoms with Gasteiger partial charge in [0.2, 0.25) is 5.91 Å². The van der Waals surface area contributed by atoms with Crippen molar-refractivity contribution >= 4 is 11.9 Å². The average molecular weight is 197 g/mol. The van der Waals surface area contributed by atoms with Crippen molar-refractivity contribution in [3.63, 3.8) is 0 Å². The van der Waals surface area contributed by atoms with Crippen molar-refractivity contribution in [2.24, 2.45) is 7.05 Å². The second-order valence-corrected chi connectivity index (χ2v) is 2.90. The summed E-state index contributed by atoms with van der Waals surface area (Å²) in [7, 11) is 1.67. The number of imidazole rings is 1. The summed E-state index contributed by atoms with van der Waals surface area (Å²) in [4.78, 5) is 25.4. The van der Waals surface area contributed by atoms with Gasteiger partial charge in [-0.1, -0.05) is 0 Å². The molecule has 76 valence electrons. The van der Waals surface area contributed by atoms with E-state index in [9.17, 15) is 9.59 Å². The van der Waals surface area contributed by atoms with Gasteiger partial charge < -0.3 is 15.0 Å². The lowest BCUT2D eigenvalue weighted by Gasteiger charge is -2.13. The van der Waals surface area contributed by atoms with E-state index in [1.54, 1.807) is 11.6 Å². The maximum atomic E-state index is 10.8. The van der Waals surface area contributed by atoms with Gasteiger partial charge in [-0.2, -0.15) is 0 Å². The second kappa shape index (κ2) is 3.91. The van der Waals surface area contributed by atoms with Crippen LogP contribution in [0.2, 0.25) is 0 Å². The van der Waals surface area contributed by atoms with Gasteiger partial charge in [-0.05, 0) is 0 Å². The zero-order valence-corrected chi connectivity index (χ0v) is 7.89. The van der Waals surface area contributed by atoms with Crippen molar-refractivity contribution in [3.8, 4) is 0 Å². The fraction of sp³-hybridized carbons (Fsp3) is 0.375. The van der Waals surface area contributed by atoms with Gasteiger partial charge in [0.1, 0.15) is 0 Å². The standard InChI is InChI=1S/C8H11N3O3/c1-5(12)10-7(8(13)14)6-3-9-4-11(6)2/h3-4,7H,1-2H3,(H,10,12)(H,13,14). The number of carboxylic acids is 1. The number of hydrogen-bond acceptors (Lipinski definition) is 3. The summed E-state index contributed by atoms with van der Waals surface area (Å²) in [5.41, 5.74) is 0.438. The van der Waals surface area contributed by atoms with Crippen LogP contribution in [0.25, 0.3) is 0 Å². The molecule has 0 aliphatic carbocycles. The highest BCUT2D eigenvalue weighted by atomic mass is 16.4. The molecule has 0 aromatic carbocycles. The summed E-state index contributed by atoms with van der Waals surface area (Å²) in [6.07, 6.45) is 2.89. The molecule has 0 saturated carbocycles. The van der Waals surface area contributed by atoms with Gasteiger partial charge in [-0.3, -0.25) is 4.79 Å². The van der Waals surface area contributed by atoms with E-state index in [-0.39, 0.29) is 0 Å². The monoisotopic (exact) mass is 197 g/mol. The number of amides is 1. The van der Waals surface area contributed by atoms with Crippen LogP contribution in [-0.4, -0.2) is 26.5 Å². The summed E-state index contributed by atoms with van der Waals surface area (Å²) in [5, 5.41) is 11.2. The first-order valence-electron chi connectivity index (χ1n) is 3.98. The van der Waals surface area contributed by atoms with E-state index in [1.165, 1.54) is 19.4 Å². The molecule has 0 spiro atoms. The maximum absolute atomic E-state index is 10.8. The number of carboxylic acid groups (broad SMARTS) is 1. The number of nitrogens with one attached hydrogen (secondary N) is 1. The van der Waals surface area contributed by atoms with E-state index in [0.717, 1.165) is 0 Å². The third-order valence-electron chi connectivity index (χ3n) is 1.74. The Hall–Kier alpha value is -1.85. The molecule has 1 heterocycles. The molecule has 0 bridgehead atoms. The fourth-order valence-electron chi connectivity index (χ4n) is 1.11. The van der Waals surface area contributed by atoms with Gasteiger partial charge in [0.05, 0.1) is 18.2 Å². The lowest BCUT2D eigenvalue weighted by Crippen LogP contribution is -2.33. The SMILES string of the molecule is CC(=O)NC(C(=O)O)c1cncn1C. The van der Waals surface area contributed by atoms with Crippen LogP contribution in [0.15, 0.2) is 12.5 Å². The summed E-state index contributed by atoms with van der Waals surface area (Å²) >= 11 is 0. The first-order chi connectivity index (χ1) is 6.52. The number of carbonyl (C=O) groups is 2. The Morgan fingerprint density at radius 2 is 2.29 bits per heavy atom. The first kappa shape index (κ1) is 10.2. The van der Waals surface area contributed by atoms with Gasteiger partial charge in [0.25, 0.3) is 0 Å². The summed E-state index contributed by atoms with van der Waals surface area (Å²) < 4.78 is 1.55. The van der Waals surface area contributed by atoms with Crippen LogP contribution in [0.5, 0.6) is 0 Å². The highest BCUT2D eigenvalue weighted by Crippen LogP contribution is 2.11. The summed E-state index contributed by atoms with van der Waals surface area (Å²) in [6.45, 7) is 1.27. The lowest BCUT2D eigenvalue weighted by atomic mass is 10.2. The molecule has 1 aromatic heterocycles. The minimum absolute atomic E-state index is 0.390. The second-order valence-electron chi connectivity index (χ2n) is 2.90. The molecule has 0 radical (unpaired) electrons. The Labute approximate surface area is 80.6 Å². The normalized spacial score (nSPS) is 12.1. The number of rotatable bonds is 3. The fourth-order valence-corrected chi connectivity index (χ4v) is 1.11. The largest absolute Gasteiger partial charge is 0.479 e. The molecule has 1 rings (SSSR count). The molecule has 1 unspecified atom stereocenters. The molecular weight excluding hydrogens is 186 g/mol. The average Bonchev–Trinajstić information content (AvgIpc) is 2.46. The maximum Gasteiger partial charge on any atom is 0.332 e. The van der Waals surface area contributed by atoms with Gasteiger partial charge in [0.15, 0.2) is 6.04 Å². The van der Waals surface area contributed by atoms with Crippen molar-refractivity contribution in [1.82, 2.24) is 14.9 Å². The van der Waals surface area contributed by atoms with E-state index >= 15 is 0 Å². The first-order valence-corrected chi connectivity index (χ1v) is 3.98. The van der Waals surface area contributed by atoms with Crippen LogP contribution in [0.4, 0.5) is 0 Å². The highest BCUT2D eigenvalue weighted by molar-refractivity contribution is 5.82. The molecule has 6 nitrogen and oxygen atoms in total. The van der Waals surface area contributed by atoms with E-state index in [2.05, 4.69) is 10.3 Å². The number of aromatic nitrogens is 2. The molecule has 0 aliphatic rings. The van der Waals surface area contributed by atoms with Crippen LogP contribution >= 0.6 is 0 Å². The van der Waals surface area contributed by atoms with Gasteiger partial charge in [-0.15, -0.1) is 0 Å². The number of hydrogen-bond donors (Lipinski definition) is 2. The zero-order chi connectivity index (χ0) is 10.7. The Kier molecular flexibility index (Phi) is 2.85. The van der Waals surface area contributed by atoms with Crippen LogP contribution in [-0.2, 0) is 16.6 Å². The van der Waals surface area contributed by atoms with E-state index in [4.69, 9.17) is 5.11 Å². The Morgan fingerprint density at radius 1 is 1.64 bits per heavy atom. The van der Waals surface area contributed by atoms with Crippen molar-refractivity contribution in [1.29, 1.82) is 0 Å². The third-order valence-corrected chi connectivity index (χ3v) is 1.74. The Morgan fingerprint density at radius 3 is 2.64 bits per heavy atom. The minimum Gasteiger partial charge on any atom is -0.479 e. The molecule has 2 N–H and O–H groups in total. The summed E-state index contributed by atoms with van der Waals surface area (Å²) in [6, 6.07) is -1.04. The number of aryl methyl sites for hydroxylation is 1. The quantitative estimate of drug-likeness (QED) is 0.695. The van der Waals surface area contributed by atoms with E-state index in [0.29, 0.717) is 5.69 Å². The van der Waals surface area contributed by atoms with Gasteiger partial charge in [0, 0.05) is 14.0 Å². The molecule has 0 aliphatic heterocycles. The molecule has 1 amide bonds. The van der Waals surface area contributed by atoms with Crippen LogP contribution < -0.4 is 5.32 Å². The molecule has 14 heavy (non-hydrogen) atoms. The predicted octanol–water partition coefficient (Wildman–Crippen LogP) is -0.318. The number of carbonyl (C=O) groups excluding carboxylic acids is 1. The van der Waals surface area contributed by atoms with Gasteiger partial charge in [-0.25, -0.2) is 9.78 Å². The van der Waals surface area contributed by atoms with Crippen molar-refractivity contribution < 1.29 is 14.7 Å². The lowest BCUT2D eigenvalue weighted by molar-refractivity contribution is -0.141. The molecular formula is C8H11N3O3. The van der Waals surface area contributed by atoms with E-state index < -0.39 is 17.9 Å². The summed E-state index contributed by atoms with van der Waals surface area (Å²) in [5.74, 6) is -1.50. The van der Waals surface area contributed by atoms with Crippen molar-refractivity contribution in [2.75, 3.05) is 0 Å². The molecule has 1 aromatic rings.